The largest absolute Gasteiger partial charge is 0.465 e. The van der Waals surface area contributed by atoms with E-state index >= 15 is 0 Å². The fourth-order valence-electron chi connectivity index (χ4n) is 3.60. The van der Waals surface area contributed by atoms with Crippen molar-refractivity contribution in [3.63, 3.8) is 0 Å². The fraction of sp³-hybridized carbons (Fsp3) is 0.192. The van der Waals surface area contributed by atoms with Crippen LogP contribution in [-0.2, 0) is 6.42 Å². The zero-order chi connectivity index (χ0) is 23.4. The van der Waals surface area contributed by atoms with Crippen LogP contribution in [0.1, 0.15) is 22.9 Å². The first-order chi connectivity index (χ1) is 15.8. The minimum atomic E-state index is -1.49. The molecule has 2 N–H and O–H groups in total. The number of fused-ring (bicyclic) bond motifs is 1. The molecule has 6 nitrogen and oxygen atoms in total. The van der Waals surface area contributed by atoms with Gasteiger partial charge in [-0.05, 0) is 35.9 Å². The molecule has 1 atom stereocenters. The van der Waals surface area contributed by atoms with E-state index < -0.39 is 20.2 Å². The van der Waals surface area contributed by atoms with Gasteiger partial charge in [0.1, 0.15) is 13.8 Å². The quantitative estimate of drug-likeness (QED) is 0.299. The van der Waals surface area contributed by atoms with Crippen LogP contribution >= 0.6 is 0 Å². The van der Waals surface area contributed by atoms with Crippen LogP contribution in [0.3, 0.4) is 0 Å². The molecule has 0 radical (unpaired) electrons. The van der Waals surface area contributed by atoms with Gasteiger partial charge in [-0.15, -0.1) is 5.54 Å². The van der Waals surface area contributed by atoms with Crippen molar-refractivity contribution in [3.8, 4) is 22.7 Å². The Balaban J connectivity index is 1.75. The molecule has 7 heteroatoms. The van der Waals surface area contributed by atoms with E-state index in [9.17, 15) is 9.90 Å². The highest BCUT2D eigenvalue weighted by molar-refractivity contribution is 6.83. The van der Waals surface area contributed by atoms with Crippen molar-refractivity contribution >= 4 is 25.1 Å². The summed E-state index contributed by atoms with van der Waals surface area (Å²) in [6, 6.07) is 18.6. The number of amides is 1. The van der Waals surface area contributed by atoms with Crippen LogP contribution in [0.25, 0.3) is 22.2 Å². The third-order valence-corrected chi connectivity index (χ3v) is 5.96. The van der Waals surface area contributed by atoms with Crippen LogP contribution in [0.2, 0.25) is 19.6 Å². The average molecular weight is 456 g/mol. The van der Waals surface area contributed by atoms with Gasteiger partial charge in [-0.25, -0.2) is 4.79 Å². The van der Waals surface area contributed by atoms with E-state index in [0.717, 1.165) is 27.8 Å². The minimum Gasteiger partial charge on any atom is -0.465 e. The number of hydrogen-bond acceptors (Lipinski definition) is 4. The van der Waals surface area contributed by atoms with Gasteiger partial charge in [0.15, 0.2) is 5.58 Å². The summed E-state index contributed by atoms with van der Waals surface area (Å²) in [5.41, 5.74) is 7.99. The van der Waals surface area contributed by atoms with Crippen LogP contribution in [0.5, 0.6) is 0 Å². The number of nitrogens with zero attached hydrogens (tertiary/aromatic N) is 2. The predicted molar refractivity (Wildman–Crippen MR) is 132 cm³/mol. The van der Waals surface area contributed by atoms with Gasteiger partial charge in [-0.3, -0.25) is 4.98 Å². The molecule has 4 aromatic rings. The maximum absolute atomic E-state index is 11.6. The SMILES string of the molecule is C[Si](C)(C)C#Cc1ccc2c(-c3ccccc3C(Cc3ccccn3)NC(=O)O)noc2c1. The zero-order valence-electron chi connectivity index (χ0n) is 18.8. The average Bonchev–Trinajstić information content (AvgIpc) is 3.20. The van der Waals surface area contributed by atoms with Gasteiger partial charge in [-0.1, -0.05) is 61.0 Å². The number of benzene rings is 2. The number of nitrogens with one attached hydrogen (secondary N) is 1. The summed E-state index contributed by atoms with van der Waals surface area (Å²) in [6.45, 7) is 6.61. The zero-order valence-corrected chi connectivity index (χ0v) is 19.8. The van der Waals surface area contributed by atoms with Crippen LogP contribution in [0.15, 0.2) is 71.4 Å². The van der Waals surface area contributed by atoms with Crippen molar-refractivity contribution < 1.29 is 14.4 Å². The Hall–Kier alpha value is -3.89. The summed E-state index contributed by atoms with van der Waals surface area (Å²) in [5.74, 6) is 3.25. The molecule has 1 unspecified atom stereocenters. The van der Waals surface area contributed by atoms with Crippen LogP contribution < -0.4 is 5.32 Å². The molecule has 4 rings (SSSR count). The maximum atomic E-state index is 11.6. The Morgan fingerprint density at radius 1 is 1.12 bits per heavy atom. The predicted octanol–water partition coefficient (Wildman–Crippen LogP) is 5.67. The van der Waals surface area contributed by atoms with Gasteiger partial charge in [0.2, 0.25) is 0 Å². The van der Waals surface area contributed by atoms with Gasteiger partial charge in [0.25, 0.3) is 0 Å². The Kier molecular flexibility index (Phi) is 6.29. The molecule has 2 aromatic heterocycles. The fourth-order valence-corrected chi connectivity index (χ4v) is 4.12. The van der Waals surface area contributed by atoms with Crippen LogP contribution in [0.4, 0.5) is 4.79 Å². The normalized spacial score (nSPS) is 12.1. The third kappa shape index (κ3) is 5.48. The van der Waals surface area contributed by atoms with Crippen molar-refractivity contribution in [2.75, 3.05) is 0 Å². The molecule has 166 valence electrons. The topological polar surface area (TPSA) is 88.2 Å². The molecular weight excluding hydrogens is 430 g/mol. The lowest BCUT2D eigenvalue weighted by Gasteiger charge is -2.20. The van der Waals surface area contributed by atoms with Crippen molar-refractivity contribution in [3.05, 3.63) is 83.7 Å². The van der Waals surface area contributed by atoms with E-state index in [1.807, 2.05) is 60.7 Å². The summed E-state index contributed by atoms with van der Waals surface area (Å²) in [6.07, 6.45) is 1.02. The monoisotopic (exact) mass is 455 g/mol. The molecule has 2 heterocycles. The van der Waals surface area contributed by atoms with E-state index in [1.165, 1.54) is 0 Å². The molecule has 0 saturated heterocycles. The molecule has 0 aliphatic carbocycles. The highest BCUT2D eigenvalue weighted by Crippen LogP contribution is 2.34. The summed E-state index contributed by atoms with van der Waals surface area (Å²) >= 11 is 0. The minimum absolute atomic E-state index is 0.413. The van der Waals surface area contributed by atoms with E-state index in [1.54, 1.807) is 6.20 Å². The first-order valence-electron chi connectivity index (χ1n) is 10.7. The Bertz CT molecular complexity index is 1350. The second-order valence-corrected chi connectivity index (χ2v) is 13.6. The Labute approximate surface area is 193 Å². The molecular formula is C26H25N3O3Si. The molecule has 0 saturated carbocycles. The van der Waals surface area contributed by atoms with Gasteiger partial charge >= 0.3 is 6.09 Å². The van der Waals surface area contributed by atoms with Gasteiger partial charge in [-0.2, -0.15) is 0 Å². The molecule has 0 aliphatic heterocycles. The highest BCUT2D eigenvalue weighted by atomic mass is 28.3. The summed E-state index contributed by atoms with van der Waals surface area (Å²) in [4.78, 5) is 15.9. The summed E-state index contributed by atoms with van der Waals surface area (Å²) < 4.78 is 5.65. The number of aromatic nitrogens is 2. The molecule has 0 fully saturated rings. The standard InChI is InChI=1S/C26H25N3O3Si/c1-33(2,3)15-13-18-11-12-22-24(16-18)32-29-25(22)21-10-5-4-9-20(21)23(28-26(30)31)17-19-8-6-7-14-27-19/h4-12,14,16,23,28H,17H2,1-3H3,(H,30,31). The number of carboxylic acid groups (broad SMARTS) is 1. The molecule has 33 heavy (non-hydrogen) atoms. The molecule has 2 aromatic carbocycles. The number of pyridine rings is 1. The molecule has 0 spiro atoms. The Morgan fingerprint density at radius 2 is 1.91 bits per heavy atom. The summed E-state index contributed by atoms with van der Waals surface area (Å²) in [5, 5.41) is 17.3. The number of rotatable bonds is 5. The Morgan fingerprint density at radius 3 is 2.64 bits per heavy atom. The second kappa shape index (κ2) is 9.31. The van der Waals surface area contributed by atoms with Gasteiger partial charge < -0.3 is 14.9 Å². The lowest BCUT2D eigenvalue weighted by molar-refractivity contribution is 0.190. The van der Waals surface area contributed by atoms with E-state index in [4.69, 9.17) is 4.52 Å². The number of carbonyl (C=O) groups is 1. The van der Waals surface area contributed by atoms with Gasteiger partial charge in [0, 0.05) is 34.8 Å². The van der Waals surface area contributed by atoms with E-state index in [2.05, 4.69) is 46.6 Å². The highest BCUT2D eigenvalue weighted by Gasteiger charge is 2.22. The first-order valence-corrected chi connectivity index (χ1v) is 14.2. The lowest BCUT2D eigenvalue weighted by atomic mass is 9.93. The smallest absolute Gasteiger partial charge is 0.405 e. The van der Waals surface area contributed by atoms with Crippen molar-refractivity contribution in [1.29, 1.82) is 0 Å². The maximum Gasteiger partial charge on any atom is 0.405 e. The number of hydrogen-bond donors (Lipinski definition) is 2. The third-order valence-electron chi connectivity index (χ3n) is 5.08. The molecule has 1 amide bonds. The van der Waals surface area contributed by atoms with Crippen LogP contribution in [0, 0.1) is 11.5 Å². The second-order valence-electron chi connectivity index (χ2n) is 8.86. The molecule has 0 bridgehead atoms. The summed E-state index contributed by atoms with van der Waals surface area (Å²) in [7, 11) is -1.49. The first kappa shape index (κ1) is 22.3. The lowest BCUT2D eigenvalue weighted by Crippen LogP contribution is -2.29. The molecule has 0 aliphatic rings. The van der Waals surface area contributed by atoms with Crippen molar-refractivity contribution in [2.24, 2.45) is 0 Å². The van der Waals surface area contributed by atoms with Crippen molar-refractivity contribution in [1.82, 2.24) is 15.5 Å². The van der Waals surface area contributed by atoms with Gasteiger partial charge in [0.05, 0.1) is 6.04 Å². The van der Waals surface area contributed by atoms with Crippen LogP contribution in [-0.4, -0.2) is 29.4 Å². The van der Waals surface area contributed by atoms with E-state index in [0.29, 0.717) is 17.7 Å². The van der Waals surface area contributed by atoms with E-state index in [-0.39, 0.29) is 0 Å². The van der Waals surface area contributed by atoms with Crippen molar-refractivity contribution in [2.45, 2.75) is 32.1 Å².